The zero-order valence-electron chi connectivity index (χ0n) is 16.8. The summed E-state index contributed by atoms with van der Waals surface area (Å²) in [4.78, 5) is 18.8. The van der Waals surface area contributed by atoms with Crippen molar-refractivity contribution in [1.82, 2.24) is 4.90 Å². The van der Waals surface area contributed by atoms with E-state index in [2.05, 4.69) is 48.3 Å². The normalized spacial score (nSPS) is 16.3. The van der Waals surface area contributed by atoms with Gasteiger partial charge in [-0.1, -0.05) is 24.3 Å². The van der Waals surface area contributed by atoms with Gasteiger partial charge in [0.15, 0.2) is 0 Å². The van der Waals surface area contributed by atoms with Gasteiger partial charge in [0.2, 0.25) is 0 Å². The number of quaternary nitrogens is 1. The fraction of sp³-hybridized carbons (Fsp3) is 0.409. The monoisotopic (exact) mass is 367 g/mol. The third kappa shape index (κ3) is 4.08. The molecule has 5 nitrogen and oxygen atoms in total. The summed E-state index contributed by atoms with van der Waals surface area (Å²) in [5, 5.41) is 3.58. The second-order valence-electron chi connectivity index (χ2n) is 7.28. The predicted molar refractivity (Wildman–Crippen MR) is 112 cm³/mol. The zero-order valence-corrected chi connectivity index (χ0v) is 16.8. The van der Waals surface area contributed by atoms with Crippen LogP contribution in [0.25, 0.3) is 0 Å². The molecule has 1 aliphatic rings. The highest BCUT2D eigenvalue weighted by Crippen LogP contribution is 2.33. The molecule has 144 valence electrons. The molecule has 0 fully saturated rings. The van der Waals surface area contributed by atoms with Crippen molar-refractivity contribution in [1.29, 1.82) is 0 Å². The Morgan fingerprint density at radius 1 is 1.04 bits per heavy atom. The van der Waals surface area contributed by atoms with E-state index >= 15 is 0 Å². The van der Waals surface area contributed by atoms with Gasteiger partial charge in [-0.05, 0) is 43.7 Å². The molecule has 0 saturated carbocycles. The van der Waals surface area contributed by atoms with Crippen molar-refractivity contribution in [3.8, 4) is 0 Å². The van der Waals surface area contributed by atoms with Crippen molar-refractivity contribution < 1.29 is 9.69 Å². The molecule has 5 heteroatoms. The first kappa shape index (κ1) is 19.2. The number of para-hydroxylation sites is 1. The van der Waals surface area contributed by atoms with Crippen molar-refractivity contribution in [2.24, 2.45) is 0 Å². The molecule has 1 atom stereocenters. The van der Waals surface area contributed by atoms with Crippen LogP contribution in [0.5, 0.6) is 0 Å². The second-order valence-corrected chi connectivity index (χ2v) is 7.28. The molecule has 2 aromatic rings. The summed E-state index contributed by atoms with van der Waals surface area (Å²) in [6.45, 7) is 8.23. The maximum atomic E-state index is 13.2. The maximum Gasteiger partial charge on any atom is 0.258 e. The van der Waals surface area contributed by atoms with Crippen LogP contribution in [0.3, 0.4) is 0 Å². The van der Waals surface area contributed by atoms with E-state index in [0.717, 1.165) is 48.7 Å². The molecule has 3 rings (SSSR count). The minimum Gasteiger partial charge on any atom is -0.378 e. The van der Waals surface area contributed by atoms with Gasteiger partial charge < -0.3 is 20.0 Å². The van der Waals surface area contributed by atoms with E-state index in [4.69, 9.17) is 0 Å². The van der Waals surface area contributed by atoms with Crippen LogP contribution in [0.15, 0.2) is 48.5 Å². The van der Waals surface area contributed by atoms with Crippen molar-refractivity contribution in [3.05, 3.63) is 59.7 Å². The number of carbonyl (C=O) groups excluding carboxylic acids is 1. The van der Waals surface area contributed by atoms with Crippen LogP contribution < -0.4 is 15.1 Å². The molecule has 0 spiro atoms. The number of likely N-dealkylation sites (N-methyl/N-ethyl adjacent to an activating group) is 1. The molecule has 0 aromatic heterocycles. The first-order valence-electron chi connectivity index (χ1n) is 9.82. The van der Waals surface area contributed by atoms with Gasteiger partial charge in [-0.3, -0.25) is 4.79 Å². The Balaban J connectivity index is 1.91. The van der Waals surface area contributed by atoms with Gasteiger partial charge in [0.1, 0.15) is 6.17 Å². The minimum absolute atomic E-state index is 0.109. The van der Waals surface area contributed by atoms with Crippen LogP contribution in [0.1, 0.15) is 35.9 Å². The summed E-state index contributed by atoms with van der Waals surface area (Å²) < 4.78 is 0. The topological polar surface area (TPSA) is 40.0 Å². The lowest BCUT2D eigenvalue weighted by Crippen LogP contribution is -3.12. The van der Waals surface area contributed by atoms with E-state index in [-0.39, 0.29) is 12.1 Å². The van der Waals surface area contributed by atoms with Gasteiger partial charge in [-0.15, -0.1) is 0 Å². The van der Waals surface area contributed by atoms with Crippen molar-refractivity contribution in [2.75, 3.05) is 50.5 Å². The summed E-state index contributed by atoms with van der Waals surface area (Å²) in [6.07, 6.45) is -0.140. The van der Waals surface area contributed by atoms with Crippen LogP contribution in [0.2, 0.25) is 0 Å². The zero-order chi connectivity index (χ0) is 19.4. The molecule has 0 saturated heterocycles. The van der Waals surface area contributed by atoms with E-state index in [0.29, 0.717) is 0 Å². The third-order valence-corrected chi connectivity index (χ3v) is 5.45. The van der Waals surface area contributed by atoms with Gasteiger partial charge in [0, 0.05) is 25.5 Å². The van der Waals surface area contributed by atoms with Gasteiger partial charge in [-0.2, -0.15) is 0 Å². The highest BCUT2D eigenvalue weighted by molar-refractivity contribution is 6.01. The molecule has 0 radical (unpaired) electrons. The lowest BCUT2D eigenvalue weighted by atomic mass is 10.0. The first-order chi connectivity index (χ1) is 13.0. The molecule has 2 N–H and O–H groups in total. The highest BCUT2D eigenvalue weighted by Gasteiger charge is 2.33. The number of nitrogens with one attached hydrogen (secondary N) is 2. The quantitative estimate of drug-likeness (QED) is 0.789. The largest absolute Gasteiger partial charge is 0.378 e. The molecule has 0 bridgehead atoms. The fourth-order valence-electron chi connectivity index (χ4n) is 3.62. The Hall–Kier alpha value is -2.53. The Bertz CT molecular complexity index is 768. The number of anilines is 2. The maximum absolute atomic E-state index is 13.2. The molecule has 0 aliphatic carbocycles. The van der Waals surface area contributed by atoms with Crippen LogP contribution >= 0.6 is 0 Å². The van der Waals surface area contributed by atoms with Crippen molar-refractivity contribution >= 4 is 17.3 Å². The SMILES string of the molecule is CC[NH+](CC)CCN1C(=O)c2ccccc2N[C@H]1c1ccc(N(C)C)cc1. The first-order valence-corrected chi connectivity index (χ1v) is 9.82. The molecule has 27 heavy (non-hydrogen) atoms. The molecule has 1 amide bonds. The summed E-state index contributed by atoms with van der Waals surface area (Å²) in [5.41, 5.74) is 3.93. The average molecular weight is 368 g/mol. The standard InChI is InChI=1S/C22H30N4O/c1-5-25(6-2)15-16-26-21(17-11-13-18(14-12-17)24(3)4)23-20-10-8-7-9-19(20)22(26)27/h7-14,21,23H,5-6,15-16H2,1-4H3/p+1/t21-/m1/s1. The van der Waals surface area contributed by atoms with Gasteiger partial charge in [-0.25, -0.2) is 0 Å². The summed E-state index contributed by atoms with van der Waals surface area (Å²) in [7, 11) is 4.07. The molecular weight excluding hydrogens is 336 g/mol. The number of hydrogen-bond acceptors (Lipinski definition) is 3. The highest BCUT2D eigenvalue weighted by atomic mass is 16.2. The lowest BCUT2D eigenvalue weighted by molar-refractivity contribution is -0.895. The predicted octanol–water partition coefficient (Wildman–Crippen LogP) is 2.24. The molecule has 1 heterocycles. The van der Waals surface area contributed by atoms with Crippen LogP contribution in [0, 0.1) is 0 Å². The van der Waals surface area contributed by atoms with Crippen LogP contribution in [-0.4, -0.2) is 51.1 Å². The fourth-order valence-corrected chi connectivity index (χ4v) is 3.62. The second kappa shape index (κ2) is 8.44. The summed E-state index contributed by atoms with van der Waals surface area (Å²) in [6, 6.07) is 16.2. The number of amides is 1. The lowest BCUT2D eigenvalue weighted by Gasteiger charge is -2.38. The van der Waals surface area contributed by atoms with Crippen LogP contribution in [0.4, 0.5) is 11.4 Å². The Morgan fingerprint density at radius 3 is 2.33 bits per heavy atom. The van der Waals surface area contributed by atoms with E-state index in [1.807, 2.05) is 43.3 Å². The smallest absolute Gasteiger partial charge is 0.258 e. The van der Waals surface area contributed by atoms with Gasteiger partial charge in [0.05, 0.1) is 31.7 Å². The third-order valence-electron chi connectivity index (χ3n) is 5.45. The van der Waals surface area contributed by atoms with Crippen molar-refractivity contribution in [3.63, 3.8) is 0 Å². The molecule has 2 aromatic carbocycles. The van der Waals surface area contributed by atoms with E-state index in [9.17, 15) is 4.79 Å². The Kier molecular flexibility index (Phi) is 6.01. The van der Waals surface area contributed by atoms with Gasteiger partial charge >= 0.3 is 0 Å². The summed E-state index contributed by atoms with van der Waals surface area (Å²) >= 11 is 0. The Labute approximate surface area is 162 Å². The number of fused-ring (bicyclic) bond motifs is 1. The van der Waals surface area contributed by atoms with E-state index in [1.54, 1.807) is 0 Å². The number of benzene rings is 2. The van der Waals surface area contributed by atoms with Crippen molar-refractivity contribution in [2.45, 2.75) is 20.0 Å². The minimum atomic E-state index is -0.140. The number of hydrogen-bond donors (Lipinski definition) is 2. The average Bonchev–Trinajstić information content (AvgIpc) is 2.70. The number of nitrogens with zero attached hydrogens (tertiary/aromatic N) is 2. The Morgan fingerprint density at radius 2 is 1.70 bits per heavy atom. The van der Waals surface area contributed by atoms with E-state index < -0.39 is 0 Å². The van der Waals surface area contributed by atoms with E-state index in [1.165, 1.54) is 4.90 Å². The molecular formula is C22H31N4O+. The summed E-state index contributed by atoms with van der Waals surface area (Å²) in [5.74, 6) is 0.109. The number of carbonyl (C=O) groups is 1. The number of rotatable bonds is 7. The molecule has 1 aliphatic heterocycles. The van der Waals surface area contributed by atoms with Gasteiger partial charge in [0.25, 0.3) is 5.91 Å². The molecule has 0 unspecified atom stereocenters. The van der Waals surface area contributed by atoms with Crippen LogP contribution in [-0.2, 0) is 0 Å².